The lowest BCUT2D eigenvalue weighted by molar-refractivity contribution is 0.830. The number of rotatable bonds is 2. The molecule has 1 aromatic carbocycles. The molecule has 2 aromatic rings. The highest BCUT2D eigenvalue weighted by Gasteiger charge is 2.09. The highest BCUT2D eigenvalue weighted by molar-refractivity contribution is 6.30. The summed E-state index contributed by atoms with van der Waals surface area (Å²) in [4.78, 5) is 8.23. The molecule has 3 rings (SSSR count). The molecule has 4 nitrogen and oxygen atoms in total. The van der Waals surface area contributed by atoms with Gasteiger partial charge in [-0.3, -0.25) is 0 Å². The summed E-state index contributed by atoms with van der Waals surface area (Å²) < 4.78 is 0. The molecule has 0 unspecified atom stereocenters. The van der Waals surface area contributed by atoms with E-state index < -0.39 is 0 Å². The van der Waals surface area contributed by atoms with Crippen molar-refractivity contribution in [2.45, 2.75) is 12.8 Å². The number of hydrogen-bond acceptors (Lipinski definition) is 4. The molecule has 1 aromatic heterocycles. The Morgan fingerprint density at radius 2 is 2.06 bits per heavy atom. The Morgan fingerprint density at radius 1 is 1.22 bits per heavy atom. The Balaban J connectivity index is 1.82. The third-order valence-electron chi connectivity index (χ3n) is 2.92. The average molecular weight is 261 g/mol. The molecule has 0 amide bonds. The lowest BCUT2D eigenvalue weighted by Crippen LogP contribution is -2.11. The fraction of sp³-hybridized carbons (Fsp3) is 0.231. The minimum absolute atomic E-state index is 0.537. The van der Waals surface area contributed by atoms with Crippen LogP contribution in [-0.4, -0.2) is 16.5 Å². The Labute approximate surface area is 110 Å². The molecule has 0 fully saturated rings. The minimum Gasteiger partial charge on any atom is -0.385 e. The summed E-state index contributed by atoms with van der Waals surface area (Å²) in [5, 5.41) is 7.09. The summed E-state index contributed by atoms with van der Waals surface area (Å²) in [7, 11) is 0. The van der Waals surface area contributed by atoms with Crippen molar-refractivity contribution in [2.75, 3.05) is 17.2 Å². The second-order valence-electron chi connectivity index (χ2n) is 4.25. The third-order valence-corrected chi connectivity index (χ3v) is 3.12. The maximum absolute atomic E-state index is 5.75. The number of halogens is 1. The number of hydrogen-bond donors (Lipinski definition) is 2. The number of nitrogens with one attached hydrogen (secondary N) is 2. The van der Waals surface area contributed by atoms with Gasteiger partial charge in [0.25, 0.3) is 0 Å². The molecular weight excluding hydrogens is 248 g/mol. The quantitative estimate of drug-likeness (QED) is 0.870. The van der Waals surface area contributed by atoms with Gasteiger partial charge in [0, 0.05) is 17.9 Å². The zero-order valence-electron chi connectivity index (χ0n) is 9.78. The van der Waals surface area contributed by atoms with Crippen LogP contribution < -0.4 is 10.6 Å². The van der Waals surface area contributed by atoms with E-state index in [9.17, 15) is 0 Å². The molecule has 1 aliphatic rings. The predicted octanol–water partition coefficient (Wildman–Crippen LogP) is 3.23. The van der Waals surface area contributed by atoms with Gasteiger partial charge in [-0.1, -0.05) is 11.6 Å². The summed E-state index contributed by atoms with van der Waals surface area (Å²) in [6.45, 7) is 1.06. The van der Waals surface area contributed by atoms with E-state index in [1.165, 1.54) is 17.7 Å². The van der Waals surface area contributed by atoms with E-state index in [0.717, 1.165) is 18.7 Å². The molecule has 2 N–H and O–H groups in total. The lowest BCUT2D eigenvalue weighted by Gasteiger charge is -2.18. The fourth-order valence-corrected chi connectivity index (χ4v) is 2.16. The minimum atomic E-state index is 0.537. The van der Waals surface area contributed by atoms with Crippen molar-refractivity contribution < 1.29 is 0 Å². The molecule has 0 saturated heterocycles. The van der Waals surface area contributed by atoms with Crippen molar-refractivity contribution in [1.29, 1.82) is 0 Å². The van der Waals surface area contributed by atoms with Crippen molar-refractivity contribution in [3.05, 3.63) is 41.2 Å². The first-order valence-corrected chi connectivity index (χ1v) is 6.30. The van der Waals surface area contributed by atoms with Crippen molar-refractivity contribution in [3.63, 3.8) is 0 Å². The number of nitrogens with zero attached hydrogens (tertiary/aromatic N) is 2. The molecule has 92 valence electrons. The van der Waals surface area contributed by atoms with Crippen LogP contribution in [0.2, 0.25) is 5.02 Å². The topological polar surface area (TPSA) is 49.8 Å². The van der Waals surface area contributed by atoms with Gasteiger partial charge in [-0.2, -0.15) is 0 Å². The first-order valence-electron chi connectivity index (χ1n) is 5.93. The Hall–Kier alpha value is -1.81. The zero-order chi connectivity index (χ0) is 12.4. The molecule has 0 radical (unpaired) electrons. The monoisotopic (exact) mass is 260 g/mol. The van der Waals surface area contributed by atoms with E-state index in [2.05, 4.69) is 32.7 Å². The van der Waals surface area contributed by atoms with Crippen LogP contribution in [0.3, 0.4) is 0 Å². The van der Waals surface area contributed by atoms with E-state index in [0.29, 0.717) is 11.0 Å². The van der Waals surface area contributed by atoms with E-state index in [1.54, 1.807) is 12.4 Å². The van der Waals surface area contributed by atoms with Crippen molar-refractivity contribution >= 4 is 28.9 Å². The van der Waals surface area contributed by atoms with Crippen molar-refractivity contribution in [2.24, 2.45) is 0 Å². The number of benzene rings is 1. The molecule has 0 bridgehead atoms. The Bertz CT molecular complexity index is 553. The van der Waals surface area contributed by atoms with E-state index >= 15 is 0 Å². The van der Waals surface area contributed by atoms with Gasteiger partial charge in [0.1, 0.15) is 0 Å². The van der Waals surface area contributed by atoms with Crippen LogP contribution in [0.4, 0.5) is 17.3 Å². The average Bonchev–Trinajstić information content (AvgIpc) is 2.41. The van der Waals surface area contributed by atoms with Crippen LogP contribution in [0.5, 0.6) is 0 Å². The predicted molar refractivity (Wildman–Crippen MR) is 73.6 cm³/mol. The van der Waals surface area contributed by atoms with Gasteiger partial charge < -0.3 is 10.6 Å². The molecule has 1 aliphatic heterocycles. The molecule has 5 heteroatoms. The van der Waals surface area contributed by atoms with Crippen LogP contribution in [0.25, 0.3) is 0 Å². The first-order chi connectivity index (χ1) is 8.81. The molecule has 2 heterocycles. The van der Waals surface area contributed by atoms with E-state index in [1.807, 2.05) is 6.07 Å². The maximum atomic E-state index is 5.75. The van der Waals surface area contributed by atoms with E-state index in [-0.39, 0.29) is 0 Å². The van der Waals surface area contributed by atoms with Crippen LogP contribution in [0, 0.1) is 0 Å². The molecule has 0 atom stereocenters. The summed E-state index contributed by atoms with van der Waals surface area (Å²) >= 11 is 5.75. The van der Waals surface area contributed by atoms with Crippen LogP contribution in [0.15, 0.2) is 30.6 Å². The molecule has 18 heavy (non-hydrogen) atoms. The van der Waals surface area contributed by atoms with Gasteiger partial charge in [-0.25, -0.2) is 9.97 Å². The van der Waals surface area contributed by atoms with Crippen molar-refractivity contribution in [1.82, 2.24) is 9.97 Å². The molecule has 0 saturated carbocycles. The van der Waals surface area contributed by atoms with Gasteiger partial charge in [-0.15, -0.1) is 0 Å². The van der Waals surface area contributed by atoms with Gasteiger partial charge in [0.15, 0.2) is 0 Å². The van der Waals surface area contributed by atoms with E-state index in [4.69, 9.17) is 11.6 Å². The highest BCUT2D eigenvalue weighted by Crippen LogP contribution is 2.26. The SMILES string of the molecule is Clc1cnc(Nc2ccc3c(c2)CCCN3)nc1. The largest absolute Gasteiger partial charge is 0.385 e. The van der Waals surface area contributed by atoms with Crippen LogP contribution in [0.1, 0.15) is 12.0 Å². The summed E-state index contributed by atoms with van der Waals surface area (Å²) in [5.74, 6) is 0.558. The second-order valence-corrected chi connectivity index (χ2v) is 4.69. The number of aryl methyl sites for hydroxylation is 1. The normalized spacial score (nSPS) is 13.6. The Morgan fingerprint density at radius 3 is 2.89 bits per heavy atom. The van der Waals surface area contributed by atoms with Crippen molar-refractivity contribution in [3.8, 4) is 0 Å². The summed E-state index contributed by atoms with van der Waals surface area (Å²) in [6.07, 6.45) is 5.45. The molecule has 0 spiro atoms. The highest BCUT2D eigenvalue weighted by atomic mass is 35.5. The third kappa shape index (κ3) is 2.38. The van der Waals surface area contributed by atoms with Crippen LogP contribution >= 0.6 is 11.6 Å². The smallest absolute Gasteiger partial charge is 0.227 e. The summed E-state index contributed by atoms with van der Waals surface area (Å²) in [6, 6.07) is 6.25. The maximum Gasteiger partial charge on any atom is 0.227 e. The lowest BCUT2D eigenvalue weighted by atomic mass is 10.0. The van der Waals surface area contributed by atoms with Gasteiger partial charge in [0.05, 0.1) is 17.4 Å². The first kappa shape index (κ1) is 11.3. The van der Waals surface area contributed by atoms with Gasteiger partial charge >= 0.3 is 0 Å². The van der Waals surface area contributed by atoms with Crippen LogP contribution in [-0.2, 0) is 6.42 Å². The zero-order valence-corrected chi connectivity index (χ0v) is 10.5. The van der Waals surface area contributed by atoms with Gasteiger partial charge in [0.2, 0.25) is 5.95 Å². The molecular formula is C13H13ClN4. The standard InChI is InChI=1S/C13H13ClN4/c14-10-7-16-13(17-8-10)18-11-3-4-12-9(6-11)2-1-5-15-12/h3-4,6-8,15H,1-2,5H2,(H,16,17,18). The Kier molecular flexibility index (Phi) is 3.02. The van der Waals surface area contributed by atoms with Gasteiger partial charge in [-0.05, 0) is 36.6 Å². The summed E-state index contributed by atoms with van der Waals surface area (Å²) in [5.41, 5.74) is 3.56. The second kappa shape index (κ2) is 4.82. The molecule has 0 aliphatic carbocycles. The fourth-order valence-electron chi connectivity index (χ4n) is 2.06. The number of anilines is 3. The number of aromatic nitrogens is 2. The number of fused-ring (bicyclic) bond motifs is 1.